The van der Waals surface area contributed by atoms with E-state index in [1.807, 2.05) is 0 Å². The zero-order chi connectivity index (χ0) is 25.5. The maximum atomic E-state index is 12.4. The Labute approximate surface area is 211 Å². The van der Waals surface area contributed by atoms with Gasteiger partial charge in [-0.2, -0.15) is 0 Å². The van der Waals surface area contributed by atoms with Crippen LogP contribution < -0.4 is 11.5 Å². The lowest BCUT2D eigenvalue weighted by Crippen LogP contribution is -2.36. The van der Waals surface area contributed by atoms with E-state index in [0.29, 0.717) is 19.4 Å². The first-order chi connectivity index (χ1) is 16.3. The summed E-state index contributed by atoms with van der Waals surface area (Å²) in [4.78, 5) is 24.8. The summed E-state index contributed by atoms with van der Waals surface area (Å²) in [5.74, 6) is -0.225. The summed E-state index contributed by atoms with van der Waals surface area (Å²) >= 11 is 0. The molecule has 5 heteroatoms. The first kappa shape index (κ1) is 33.1. The van der Waals surface area contributed by atoms with Gasteiger partial charge in [0.2, 0.25) is 0 Å². The van der Waals surface area contributed by atoms with E-state index in [2.05, 4.69) is 6.92 Å². The molecule has 0 rings (SSSR count). The number of rotatable bonds is 25. The molecular weight excluding hydrogens is 424 g/mol. The number of ether oxygens (including phenoxy) is 1. The molecule has 0 radical (unpaired) electrons. The summed E-state index contributed by atoms with van der Waals surface area (Å²) in [6.45, 7) is 6.50. The molecule has 0 fully saturated rings. The highest BCUT2D eigenvalue weighted by molar-refractivity contribution is 5.86. The third kappa shape index (κ3) is 20.4. The molecule has 4 N–H and O–H groups in total. The number of hydrogen-bond acceptors (Lipinski definition) is 5. The Morgan fingerprint density at radius 2 is 1.15 bits per heavy atom. The highest BCUT2D eigenvalue weighted by atomic mass is 16.6. The predicted molar refractivity (Wildman–Crippen MR) is 145 cm³/mol. The van der Waals surface area contributed by atoms with E-state index in [4.69, 9.17) is 16.2 Å². The van der Waals surface area contributed by atoms with Gasteiger partial charge in [-0.15, -0.1) is 0 Å². The molecular formula is C29H58N2O3. The number of carbonyl (C=O) groups is 2. The lowest BCUT2D eigenvalue weighted by atomic mass is 9.86. The summed E-state index contributed by atoms with van der Waals surface area (Å²) in [5, 5.41) is 0. The lowest BCUT2D eigenvalue weighted by Gasteiger charge is -2.24. The number of unbranched alkanes of at least 4 members (excludes halogenated alkanes) is 16. The highest BCUT2D eigenvalue weighted by Crippen LogP contribution is 2.25. The molecule has 5 nitrogen and oxygen atoms in total. The molecule has 0 bridgehead atoms. The Morgan fingerprint density at radius 1 is 0.706 bits per heavy atom. The molecule has 202 valence electrons. The Morgan fingerprint density at radius 3 is 1.62 bits per heavy atom. The van der Waals surface area contributed by atoms with E-state index >= 15 is 0 Å². The molecule has 0 heterocycles. The van der Waals surface area contributed by atoms with E-state index in [1.54, 1.807) is 13.8 Å². The smallest absolute Gasteiger partial charge is 0.313 e. The van der Waals surface area contributed by atoms with Gasteiger partial charge in [0.05, 0.1) is 5.41 Å². The maximum absolute atomic E-state index is 12.4. The minimum absolute atomic E-state index is 0.146. The highest BCUT2D eigenvalue weighted by Gasteiger charge is 2.32. The first-order valence-electron chi connectivity index (χ1n) is 14.5. The van der Waals surface area contributed by atoms with Crippen molar-refractivity contribution in [2.45, 2.75) is 162 Å². The van der Waals surface area contributed by atoms with Crippen molar-refractivity contribution in [2.75, 3.05) is 6.54 Å². The third-order valence-electron chi connectivity index (χ3n) is 6.70. The Bertz CT molecular complexity index is 494. The molecule has 0 aliphatic rings. The minimum Gasteiger partial charge on any atom is -0.446 e. The van der Waals surface area contributed by atoms with Gasteiger partial charge in [-0.25, -0.2) is 0 Å². The van der Waals surface area contributed by atoms with Crippen LogP contribution in [0.25, 0.3) is 0 Å². The molecule has 0 spiro atoms. The van der Waals surface area contributed by atoms with Crippen molar-refractivity contribution in [3.63, 3.8) is 0 Å². The van der Waals surface area contributed by atoms with Crippen LogP contribution in [-0.2, 0) is 14.3 Å². The minimum atomic E-state index is -0.818. The fraction of sp³-hybridized carbons (Fsp3) is 0.931. The van der Waals surface area contributed by atoms with Gasteiger partial charge in [0.15, 0.2) is 6.23 Å². The molecule has 0 aromatic carbocycles. The van der Waals surface area contributed by atoms with Crippen molar-refractivity contribution in [1.29, 1.82) is 0 Å². The van der Waals surface area contributed by atoms with Gasteiger partial charge >= 0.3 is 5.97 Å². The molecule has 0 amide bonds. The number of nitrogens with two attached hydrogens (primary N) is 2. The number of esters is 1. The van der Waals surface area contributed by atoms with Crippen LogP contribution in [0.5, 0.6) is 0 Å². The average molecular weight is 483 g/mol. The van der Waals surface area contributed by atoms with Crippen molar-refractivity contribution >= 4 is 11.8 Å². The number of carbonyl (C=O) groups excluding carboxylic acids is 2. The second-order valence-electron chi connectivity index (χ2n) is 10.9. The number of ketones is 1. The molecule has 0 saturated heterocycles. The van der Waals surface area contributed by atoms with Crippen molar-refractivity contribution in [1.82, 2.24) is 0 Å². The van der Waals surface area contributed by atoms with Crippen LogP contribution in [0.4, 0.5) is 0 Å². The van der Waals surface area contributed by atoms with Crippen molar-refractivity contribution in [2.24, 2.45) is 16.9 Å². The molecule has 0 aromatic heterocycles. The predicted octanol–water partition coefficient (Wildman–Crippen LogP) is 7.58. The van der Waals surface area contributed by atoms with Gasteiger partial charge in [0, 0.05) is 12.8 Å². The van der Waals surface area contributed by atoms with Gasteiger partial charge in [0.25, 0.3) is 0 Å². The van der Waals surface area contributed by atoms with E-state index in [1.165, 1.54) is 83.5 Å². The van der Waals surface area contributed by atoms with E-state index in [0.717, 1.165) is 32.1 Å². The summed E-state index contributed by atoms with van der Waals surface area (Å²) in [7, 11) is 0. The van der Waals surface area contributed by atoms with Gasteiger partial charge in [-0.1, -0.05) is 103 Å². The van der Waals surface area contributed by atoms with Crippen LogP contribution in [0.2, 0.25) is 0 Å². The Balaban J connectivity index is 3.66. The SMILES string of the molecule is CCCCCCCCCCCCCCCCCC(=O)CC(C)(C)C(=O)OC(N)CCCCCN. The first-order valence-corrected chi connectivity index (χ1v) is 14.5. The van der Waals surface area contributed by atoms with Gasteiger partial charge < -0.3 is 10.5 Å². The maximum Gasteiger partial charge on any atom is 0.313 e. The molecule has 0 aliphatic heterocycles. The van der Waals surface area contributed by atoms with E-state index < -0.39 is 11.6 Å². The van der Waals surface area contributed by atoms with Crippen LogP contribution in [0.3, 0.4) is 0 Å². The zero-order valence-electron chi connectivity index (χ0n) is 23.0. The molecule has 0 saturated carbocycles. The molecule has 0 aromatic rings. The third-order valence-corrected chi connectivity index (χ3v) is 6.70. The monoisotopic (exact) mass is 482 g/mol. The van der Waals surface area contributed by atoms with Crippen LogP contribution in [0.15, 0.2) is 0 Å². The van der Waals surface area contributed by atoms with E-state index in [-0.39, 0.29) is 18.2 Å². The van der Waals surface area contributed by atoms with Crippen LogP contribution >= 0.6 is 0 Å². The van der Waals surface area contributed by atoms with Gasteiger partial charge in [-0.3, -0.25) is 15.3 Å². The fourth-order valence-corrected chi connectivity index (χ4v) is 4.37. The molecule has 34 heavy (non-hydrogen) atoms. The van der Waals surface area contributed by atoms with Crippen molar-refractivity contribution in [3.05, 3.63) is 0 Å². The standard InChI is InChI=1S/C29H58N2O3/c1-4-5-6-7-8-9-10-11-12-13-14-15-16-17-19-22-26(32)25-29(2,3)28(33)34-27(31)23-20-18-21-24-30/h27H,4-25,30-31H2,1-3H3. The molecule has 1 atom stereocenters. The summed E-state index contributed by atoms with van der Waals surface area (Å²) in [6.07, 6.45) is 23.4. The Kier molecular flexibility index (Phi) is 21.9. The topological polar surface area (TPSA) is 95.4 Å². The van der Waals surface area contributed by atoms with Gasteiger partial charge in [-0.05, 0) is 46.1 Å². The van der Waals surface area contributed by atoms with E-state index in [9.17, 15) is 9.59 Å². The largest absolute Gasteiger partial charge is 0.446 e. The van der Waals surface area contributed by atoms with Crippen molar-refractivity contribution < 1.29 is 14.3 Å². The van der Waals surface area contributed by atoms with Crippen LogP contribution in [-0.4, -0.2) is 24.5 Å². The average Bonchev–Trinajstić information content (AvgIpc) is 2.79. The van der Waals surface area contributed by atoms with Crippen LogP contribution in [0, 0.1) is 5.41 Å². The fourth-order valence-electron chi connectivity index (χ4n) is 4.37. The normalized spacial score (nSPS) is 12.6. The van der Waals surface area contributed by atoms with Crippen molar-refractivity contribution in [3.8, 4) is 0 Å². The molecule has 0 aliphatic carbocycles. The van der Waals surface area contributed by atoms with Crippen LogP contribution in [0.1, 0.15) is 156 Å². The zero-order valence-corrected chi connectivity index (χ0v) is 23.0. The molecule has 1 unspecified atom stereocenters. The summed E-state index contributed by atoms with van der Waals surface area (Å²) in [6, 6.07) is 0. The number of Topliss-reactive ketones (excluding diaryl/α,β-unsaturated/α-hetero) is 1. The number of hydrogen-bond donors (Lipinski definition) is 2. The summed E-state index contributed by atoms with van der Waals surface area (Å²) < 4.78 is 5.38. The Hall–Kier alpha value is -0.940. The summed E-state index contributed by atoms with van der Waals surface area (Å²) in [5.41, 5.74) is 10.6. The second-order valence-corrected chi connectivity index (χ2v) is 10.9. The quantitative estimate of drug-likeness (QED) is 0.0794. The van der Waals surface area contributed by atoms with Gasteiger partial charge in [0.1, 0.15) is 5.78 Å². The lowest BCUT2D eigenvalue weighted by molar-refractivity contribution is -0.161. The second kappa shape index (κ2) is 22.5.